The van der Waals surface area contributed by atoms with Gasteiger partial charge in [0.2, 0.25) is 0 Å². The molecular formula is C60H40N2O. The van der Waals surface area contributed by atoms with Crippen molar-refractivity contribution in [2.24, 2.45) is 0 Å². The number of aromatic nitrogens is 1. The lowest BCUT2D eigenvalue weighted by molar-refractivity contribution is 0.669. The van der Waals surface area contributed by atoms with Gasteiger partial charge >= 0.3 is 0 Å². The minimum atomic E-state index is 0.855. The molecule has 0 bridgehead atoms. The quantitative estimate of drug-likeness (QED) is 0.153. The molecule has 2 heterocycles. The monoisotopic (exact) mass is 804 g/mol. The Kier molecular flexibility index (Phi) is 8.83. The Balaban J connectivity index is 1.01. The zero-order valence-corrected chi connectivity index (χ0v) is 34.4. The van der Waals surface area contributed by atoms with Crippen molar-refractivity contribution in [3.63, 3.8) is 0 Å². The molecule has 0 atom stereocenters. The van der Waals surface area contributed by atoms with E-state index in [9.17, 15) is 0 Å². The third kappa shape index (κ3) is 6.55. The standard InChI is InChI=1S/C60H40N2O/c1-4-16-41(17-5-1)47-35-48(42-18-6-2-7-19-42)38-52(37-47)61(51-31-33-56-55-27-11-13-29-59(55)63-60(56)40-51)50-25-15-22-45(36-50)43-20-14-21-44(34-43)46-30-32-54-53-26-10-12-28-57(53)62(58(54)39-46)49-23-8-3-9-24-49/h1-40H. The normalized spacial score (nSPS) is 11.5. The van der Waals surface area contributed by atoms with E-state index in [0.717, 1.165) is 78.1 Å². The van der Waals surface area contributed by atoms with Gasteiger partial charge in [-0.25, -0.2) is 0 Å². The van der Waals surface area contributed by atoms with Crippen molar-refractivity contribution in [1.82, 2.24) is 4.57 Å². The molecule has 0 saturated heterocycles. The van der Waals surface area contributed by atoms with Crippen molar-refractivity contribution in [3.05, 3.63) is 243 Å². The van der Waals surface area contributed by atoms with Gasteiger partial charge in [0.15, 0.2) is 0 Å². The Morgan fingerprint density at radius 1 is 0.270 bits per heavy atom. The summed E-state index contributed by atoms with van der Waals surface area (Å²) in [5, 5.41) is 4.72. The van der Waals surface area contributed by atoms with Crippen LogP contribution in [0, 0.1) is 0 Å². The molecule has 0 aliphatic rings. The molecule has 3 nitrogen and oxygen atoms in total. The molecule has 0 N–H and O–H groups in total. The van der Waals surface area contributed by atoms with E-state index >= 15 is 0 Å². The highest BCUT2D eigenvalue weighted by Crippen LogP contribution is 2.43. The number of hydrogen-bond acceptors (Lipinski definition) is 2. The number of anilines is 3. The number of fused-ring (bicyclic) bond motifs is 6. The van der Waals surface area contributed by atoms with E-state index < -0.39 is 0 Å². The van der Waals surface area contributed by atoms with Gasteiger partial charge in [-0.05, 0) is 123 Å². The maximum Gasteiger partial charge on any atom is 0.137 e. The van der Waals surface area contributed by atoms with E-state index in [4.69, 9.17) is 4.42 Å². The summed E-state index contributed by atoms with van der Waals surface area (Å²) >= 11 is 0. The molecule has 0 saturated carbocycles. The summed E-state index contributed by atoms with van der Waals surface area (Å²) in [7, 11) is 0. The van der Waals surface area contributed by atoms with Crippen LogP contribution in [-0.4, -0.2) is 4.57 Å². The summed E-state index contributed by atoms with van der Waals surface area (Å²) in [6.07, 6.45) is 0. The number of nitrogens with zero attached hydrogens (tertiary/aromatic N) is 2. The van der Waals surface area contributed by atoms with Crippen LogP contribution in [-0.2, 0) is 0 Å². The number of rotatable bonds is 8. The molecule has 296 valence electrons. The lowest BCUT2D eigenvalue weighted by atomic mass is 9.96. The summed E-state index contributed by atoms with van der Waals surface area (Å²) in [5.74, 6) is 0. The summed E-state index contributed by atoms with van der Waals surface area (Å²) < 4.78 is 8.88. The molecule has 12 rings (SSSR count). The van der Waals surface area contributed by atoms with Crippen molar-refractivity contribution >= 4 is 60.8 Å². The molecule has 3 heteroatoms. The molecule has 0 radical (unpaired) electrons. The van der Waals surface area contributed by atoms with E-state index in [1.54, 1.807) is 0 Å². The average Bonchev–Trinajstić information content (AvgIpc) is 3.90. The van der Waals surface area contributed by atoms with Crippen LogP contribution in [0.4, 0.5) is 17.1 Å². The molecule has 0 aliphatic carbocycles. The third-order valence-electron chi connectivity index (χ3n) is 12.3. The fourth-order valence-corrected chi connectivity index (χ4v) is 9.34. The van der Waals surface area contributed by atoms with Gasteiger partial charge in [-0.1, -0.05) is 158 Å². The lowest BCUT2D eigenvalue weighted by Gasteiger charge is -2.27. The first-order valence-corrected chi connectivity index (χ1v) is 21.5. The maximum atomic E-state index is 6.50. The smallest absolute Gasteiger partial charge is 0.137 e. The van der Waals surface area contributed by atoms with Gasteiger partial charge in [-0.2, -0.15) is 0 Å². The van der Waals surface area contributed by atoms with Crippen LogP contribution in [0.1, 0.15) is 0 Å². The first-order valence-electron chi connectivity index (χ1n) is 21.5. The van der Waals surface area contributed by atoms with Crippen molar-refractivity contribution in [3.8, 4) is 50.2 Å². The maximum absolute atomic E-state index is 6.50. The lowest BCUT2D eigenvalue weighted by Crippen LogP contribution is -2.10. The van der Waals surface area contributed by atoms with Gasteiger partial charge in [-0.15, -0.1) is 0 Å². The molecule has 2 aromatic heterocycles. The van der Waals surface area contributed by atoms with Crippen molar-refractivity contribution in [2.75, 3.05) is 4.90 Å². The zero-order valence-electron chi connectivity index (χ0n) is 34.4. The summed E-state index contributed by atoms with van der Waals surface area (Å²) in [6, 6.07) is 87.2. The molecule has 0 fully saturated rings. The molecule has 0 spiro atoms. The van der Waals surface area contributed by atoms with Crippen LogP contribution < -0.4 is 4.90 Å². The molecule has 0 aliphatic heterocycles. The molecule has 0 unspecified atom stereocenters. The van der Waals surface area contributed by atoms with E-state index in [-0.39, 0.29) is 0 Å². The van der Waals surface area contributed by atoms with Crippen LogP contribution in [0.5, 0.6) is 0 Å². The second-order valence-corrected chi connectivity index (χ2v) is 16.2. The summed E-state index contributed by atoms with van der Waals surface area (Å²) in [6.45, 7) is 0. The van der Waals surface area contributed by atoms with Crippen LogP contribution in [0.2, 0.25) is 0 Å². The van der Waals surface area contributed by atoms with Crippen LogP contribution in [0.15, 0.2) is 247 Å². The summed E-state index contributed by atoms with van der Waals surface area (Å²) in [5.41, 5.74) is 17.6. The Morgan fingerprint density at radius 3 is 1.49 bits per heavy atom. The molecule has 10 aromatic carbocycles. The first kappa shape index (κ1) is 36.5. The molecule has 12 aromatic rings. The number of para-hydroxylation sites is 3. The third-order valence-corrected chi connectivity index (χ3v) is 12.3. The Morgan fingerprint density at radius 2 is 0.762 bits per heavy atom. The highest BCUT2D eigenvalue weighted by molar-refractivity contribution is 6.10. The van der Waals surface area contributed by atoms with Gasteiger partial charge in [0.05, 0.1) is 11.0 Å². The van der Waals surface area contributed by atoms with Crippen molar-refractivity contribution in [1.29, 1.82) is 0 Å². The zero-order chi connectivity index (χ0) is 41.7. The highest BCUT2D eigenvalue weighted by Gasteiger charge is 2.19. The minimum Gasteiger partial charge on any atom is -0.456 e. The average molecular weight is 805 g/mol. The van der Waals surface area contributed by atoms with Crippen LogP contribution >= 0.6 is 0 Å². The molecular weight excluding hydrogens is 765 g/mol. The Hall–Kier alpha value is -8.40. The van der Waals surface area contributed by atoms with E-state index in [1.807, 2.05) is 12.1 Å². The number of benzene rings is 10. The first-order chi connectivity index (χ1) is 31.2. The van der Waals surface area contributed by atoms with Gasteiger partial charge in [0, 0.05) is 50.4 Å². The molecule has 63 heavy (non-hydrogen) atoms. The Bertz CT molecular complexity index is 3560. The largest absolute Gasteiger partial charge is 0.456 e. The van der Waals surface area contributed by atoms with Crippen LogP contribution in [0.25, 0.3) is 93.9 Å². The summed E-state index contributed by atoms with van der Waals surface area (Å²) in [4.78, 5) is 2.37. The Labute approximate surface area is 366 Å². The van der Waals surface area contributed by atoms with E-state index in [0.29, 0.717) is 0 Å². The van der Waals surface area contributed by atoms with Gasteiger partial charge in [-0.3, -0.25) is 0 Å². The fourth-order valence-electron chi connectivity index (χ4n) is 9.34. The molecule has 0 amide bonds. The van der Waals surface area contributed by atoms with Crippen LogP contribution in [0.3, 0.4) is 0 Å². The van der Waals surface area contributed by atoms with Gasteiger partial charge < -0.3 is 13.9 Å². The highest BCUT2D eigenvalue weighted by atomic mass is 16.3. The predicted octanol–water partition coefficient (Wildman–Crippen LogP) is 16.8. The second-order valence-electron chi connectivity index (χ2n) is 16.2. The minimum absolute atomic E-state index is 0.855. The second kappa shape index (κ2) is 15.3. The fraction of sp³-hybridized carbons (Fsp3) is 0. The topological polar surface area (TPSA) is 21.3 Å². The van der Waals surface area contributed by atoms with E-state index in [1.165, 1.54) is 32.9 Å². The number of furan rings is 1. The van der Waals surface area contributed by atoms with Gasteiger partial charge in [0.1, 0.15) is 11.2 Å². The van der Waals surface area contributed by atoms with Crippen molar-refractivity contribution < 1.29 is 4.42 Å². The van der Waals surface area contributed by atoms with Crippen molar-refractivity contribution in [2.45, 2.75) is 0 Å². The van der Waals surface area contributed by atoms with Gasteiger partial charge in [0.25, 0.3) is 0 Å². The SMILES string of the molecule is c1ccc(-c2cc(-c3ccccc3)cc(N(c3cccc(-c4cccc(-c5ccc6c7ccccc7n(-c7ccccc7)c6c5)c4)c3)c3ccc4c(c3)oc3ccccc34)c2)cc1. The van der Waals surface area contributed by atoms with E-state index in [2.05, 4.69) is 240 Å². The predicted molar refractivity (Wildman–Crippen MR) is 264 cm³/mol. The number of hydrogen-bond donors (Lipinski definition) is 0.